The predicted molar refractivity (Wildman–Crippen MR) is 122 cm³/mol. The van der Waals surface area contributed by atoms with Crippen molar-refractivity contribution in [3.05, 3.63) is 70.8 Å². The topological polar surface area (TPSA) is 90.4 Å². The highest BCUT2D eigenvalue weighted by atomic mass is 16.5. The number of nitrogens with two attached hydrogens (primary N) is 2. The number of methoxy groups -OCH3 is 1. The monoisotopic (exact) mass is 409 g/mol. The van der Waals surface area contributed by atoms with Gasteiger partial charge in [-0.3, -0.25) is 4.79 Å². The summed E-state index contributed by atoms with van der Waals surface area (Å²) in [5, 5.41) is 3.76. The summed E-state index contributed by atoms with van der Waals surface area (Å²) in [6.45, 7) is 5.12. The highest BCUT2D eigenvalue weighted by molar-refractivity contribution is 5.93. The number of amides is 1. The van der Waals surface area contributed by atoms with Crippen LogP contribution in [-0.2, 0) is 23.0 Å². The molecule has 5 nitrogen and oxygen atoms in total. The zero-order valence-corrected chi connectivity index (χ0v) is 18.4. The molecule has 1 aliphatic rings. The van der Waals surface area contributed by atoms with Crippen LogP contribution < -0.4 is 16.8 Å². The second-order valence-corrected chi connectivity index (χ2v) is 8.41. The fraction of sp³-hybridized carbons (Fsp3) is 0.480. The van der Waals surface area contributed by atoms with Crippen molar-refractivity contribution in [2.75, 3.05) is 13.7 Å². The molecule has 162 valence electrons. The first-order valence-corrected chi connectivity index (χ1v) is 10.9. The van der Waals surface area contributed by atoms with Crippen LogP contribution in [0.25, 0.3) is 0 Å². The molecule has 1 amide bonds. The average molecular weight is 410 g/mol. The van der Waals surface area contributed by atoms with Gasteiger partial charge in [-0.05, 0) is 48.1 Å². The van der Waals surface area contributed by atoms with Crippen LogP contribution in [0.15, 0.2) is 48.5 Å². The second-order valence-electron chi connectivity index (χ2n) is 8.41. The first-order valence-electron chi connectivity index (χ1n) is 10.9. The highest BCUT2D eigenvalue weighted by Crippen LogP contribution is 2.44. The Hall–Kier alpha value is -2.21. The minimum Gasteiger partial charge on any atom is -0.379 e. The molecule has 0 heterocycles. The van der Waals surface area contributed by atoms with E-state index in [1.165, 1.54) is 16.7 Å². The number of hydrogen-bond donors (Lipinski definition) is 3. The Labute approximate surface area is 180 Å². The van der Waals surface area contributed by atoms with Crippen LogP contribution in [0.1, 0.15) is 53.7 Å². The van der Waals surface area contributed by atoms with Gasteiger partial charge in [-0.15, -0.1) is 0 Å². The summed E-state index contributed by atoms with van der Waals surface area (Å²) < 4.78 is 5.95. The number of hydrogen-bond acceptors (Lipinski definition) is 4. The van der Waals surface area contributed by atoms with E-state index in [0.717, 1.165) is 25.7 Å². The number of primary amides is 1. The summed E-state index contributed by atoms with van der Waals surface area (Å²) in [7, 11) is 1.78. The van der Waals surface area contributed by atoms with E-state index in [4.69, 9.17) is 16.2 Å². The quantitative estimate of drug-likeness (QED) is 0.594. The fourth-order valence-electron chi connectivity index (χ4n) is 5.11. The van der Waals surface area contributed by atoms with E-state index in [2.05, 4.69) is 31.3 Å². The van der Waals surface area contributed by atoms with Crippen LogP contribution in [0, 0.1) is 0 Å². The normalized spacial score (nSPS) is 21.1. The molecule has 0 saturated carbocycles. The van der Waals surface area contributed by atoms with Gasteiger partial charge in [-0.25, -0.2) is 0 Å². The Morgan fingerprint density at radius 1 is 1.20 bits per heavy atom. The number of nitrogens with one attached hydrogen (secondary N) is 1. The molecule has 3 rings (SSSR count). The van der Waals surface area contributed by atoms with Crippen molar-refractivity contribution in [2.45, 2.75) is 63.1 Å². The third-order valence-electron chi connectivity index (χ3n) is 6.82. The van der Waals surface area contributed by atoms with Crippen molar-refractivity contribution in [1.82, 2.24) is 5.32 Å². The van der Waals surface area contributed by atoms with Crippen molar-refractivity contribution in [2.24, 2.45) is 11.5 Å². The molecule has 3 atom stereocenters. The molecule has 30 heavy (non-hydrogen) atoms. The van der Waals surface area contributed by atoms with Crippen molar-refractivity contribution < 1.29 is 9.53 Å². The third kappa shape index (κ3) is 4.43. The van der Waals surface area contributed by atoms with Crippen LogP contribution in [-0.4, -0.2) is 37.7 Å². The zero-order chi connectivity index (χ0) is 21.7. The maximum Gasteiger partial charge on any atom is 0.248 e. The minimum atomic E-state index is -0.387. The van der Waals surface area contributed by atoms with Crippen molar-refractivity contribution in [3.8, 4) is 0 Å². The molecule has 0 aromatic heterocycles. The number of rotatable bonds is 9. The van der Waals surface area contributed by atoms with Crippen LogP contribution in [0.4, 0.5) is 0 Å². The molecule has 1 aliphatic carbocycles. The summed E-state index contributed by atoms with van der Waals surface area (Å²) in [6, 6.07) is 16.3. The van der Waals surface area contributed by atoms with E-state index < -0.39 is 0 Å². The van der Waals surface area contributed by atoms with Gasteiger partial charge in [0.05, 0.1) is 6.10 Å². The van der Waals surface area contributed by atoms with Crippen LogP contribution in [0.5, 0.6) is 0 Å². The van der Waals surface area contributed by atoms with E-state index in [0.29, 0.717) is 12.1 Å². The molecule has 1 unspecified atom stereocenters. The standard InChI is InChI=1S/C25H35N3O2/c1-4-25(5-2)21-14-19(24(27)29)12-11-18(21)15-22(30-3)23(25)28-16-20(26)13-17-9-7-6-8-10-17/h6-12,14,20,22-23,28H,4-5,13,15-16,26H2,1-3H3,(H2,27,29)/t20?,22-,23+/m1/s1. The maximum atomic E-state index is 11.8. The smallest absolute Gasteiger partial charge is 0.248 e. The zero-order valence-electron chi connectivity index (χ0n) is 18.4. The van der Waals surface area contributed by atoms with Gasteiger partial charge in [0.25, 0.3) is 0 Å². The molecule has 5 N–H and O–H groups in total. The van der Waals surface area contributed by atoms with E-state index >= 15 is 0 Å². The molecule has 0 radical (unpaired) electrons. The SMILES string of the molecule is CCC1(CC)c2cc(C(N)=O)ccc2C[C@@H](OC)[C@@H]1NCC(N)Cc1ccccc1. The molecular formula is C25H35N3O2. The number of ether oxygens (including phenoxy) is 1. The first kappa shape index (κ1) is 22.5. The highest BCUT2D eigenvalue weighted by Gasteiger charge is 2.46. The summed E-state index contributed by atoms with van der Waals surface area (Å²) in [5.41, 5.74) is 16.2. The third-order valence-corrected chi connectivity index (χ3v) is 6.82. The summed E-state index contributed by atoms with van der Waals surface area (Å²) in [4.78, 5) is 11.8. The predicted octanol–water partition coefficient (Wildman–Crippen LogP) is 2.94. The molecule has 0 fully saturated rings. The summed E-state index contributed by atoms with van der Waals surface area (Å²) in [6.07, 6.45) is 3.54. The van der Waals surface area contributed by atoms with Gasteiger partial charge in [0.1, 0.15) is 0 Å². The lowest BCUT2D eigenvalue weighted by Gasteiger charge is -2.49. The molecule has 0 saturated heterocycles. The lowest BCUT2D eigenvalue weighted by atomic mass is 9.62. The minimum absolute atomic E-state index is 0.00895. The molecule has 0 bridgehead atoms. The van der Waals surface area contributed by atoms with Gasteiger partial charge >= 0.3 is 0 Å². The van der Waals surface area contributed by atoms with Gasteiger partial charge in [0, 0.05) is 43.1 Å². The van der Waals surface area contributed by atoms with Crippen molar-refractivity contribution in [3.63, 3.8) is 0 Å². The lowest BCUT2D eigenvalue weighted by molar-refractivity contribution is 0.0240. The van der Waals surface area contributed by atoms with Crippen molar-refractivity contribution >= 4 is 5.91 Å². The van der Waals surface area contributed by atoms with Gasteiger partial charge < -0.3 is 21.5 Å². The largest absolute Gasteiger partial charge is 0.379 e. The lowest BCUT2D eigenvalue weighted by Crippen LogP contribution is -2.60. The Kier molecular flexibility index (Phi) is 7.29. The molecule has 2 aromatic rings. The molecule has 0 aliphatic heterocycles. The fourth-order valence-corrected chi connectivity index (χ4v) is 5.11. The Bertz CT molecular complexity index is 849. The van der Waals surface area contributed by atoms with Crippen LogP contribution in [0.2, 0.25) is 0 Å². The number of carbonyl (C=O) groups excluding carboxylic acids is 1. The van der Waals surface area contributed by atoms with Gasteiger partial charge in [-0.1, -0.05) is 50.2 Å². The van der Waals surface area contributed by atoms with E-state index in [-0.39, 0.29) is 29.5 Å². The first-order chi connectivity index (χ1) is 14.4. The molecular weight excluding hydrogens is 374 g/mol. The average Bonchev–Trinajstić information content (AvgIpc) is 2.77. The molecule has 2 aromatic carbocycles. The van der Waals surface area contributed by atoms with E-state index in [1.54, 1.807) is 7.11 Å². The van der Waals surface area contributed by atoms with E-state index in [9.17, 15) is 4.79 Å². The van der Waals surface area contributed by atoms with Gasteiger partial charge in [-0.2, -0.15) is 0 Å². The maximum absolute atomic E-state index is 11.8. The van der Waals surface area contributed by atoms with Gasteiger partial charge in [0.15, 0.2) is 0 Å². The number of benzene rings is 2. The Morgan fingerprint density at radius 2 is 1.90 bits per heavy atom. The molecule has 0 spiro atoms. The van der Waals surface area contributed by atoms with E-state index in [1.807, 2.05) is 36.4 Å². The van der Waals surface area contributed by atoms with Gasteiger partial charge in [0.2, 0.25) is 5.91 Å². The Morgan fingerprint density at radius 3 is 2.50 bits per heavy atom. The second kappa shape index (κ2) is 9.73. The molecule has 5 heteroatoms. The van der Waals surface area contributed by atoms with Crippen molar-refractivity contribution in [1.29, 1.82) is 0 Å². The Balaban J connectivity index is 1.87. The number of fused-ring (bicyclic) bond motifs is 1. The van der Waals surface area contributed by atoms with Crippen LogP contribution >= 0.6 is 0 Å². The number of carbonyl (C=O) groups is 1. The van der Waals surface area contributed by atoms with Crippen LogP contribution in [0.3, 0.4) is 0 Å². The summed E-state index contributed by atoms with van der Waals surface area (Å²) >= 11 is 0. The summed E-state index contributed by atoms with van der Waals surface area (Å²) in [5.74, 6) is -0.387.